The zero-order chi connectivity index (χ0) is 18.6. The SMILES string of the molecule is O=C1NC(c2c(Cl)cccc2Cl)=C2C(=O)NC(c3c(Cl)cccc3Cl)=C12. The van der Waals surface area contributed by atoms with E-state index in [1.54, 1.807) is 36.4 Å². The smallest absolute Gasteiger partial charge is 0.258 e. The van der Waals surface area contributed by atoms with Crippen molar-refractivity contribution < 1.29 is 9.59 Å². The third-order valence-corrected chi connectivity index (χ3v) is 5.37. The van der Waals surface area contributed by atoms with Crippen LogP contribution in [-0.2, 0) is 9.59 Å². The topological polar surface area (TPSA) is 58.2 Å². The van der Waals surface area contributed by atoms with Gasteiger partial charge in [0.25, 0.3) is 11.8 Å². The van der Waals surface area contributed by atoms with Crippen molar-refractivity contribution >= 4 is 69.6 Å². The molecule has 2 N–H and O–H groups in total. The zero-order valence-corrected chi connectivity index (χ0v) is 15.8. The van der Waals surface area contributed by atoms with E-state index in [-0.39, 0.29) is 22.5 Å². The average Bonchev–Trinajstić information content (AvgIpc) is 3.07. The fourth-order valence-corrected chi connectivity index (χ4v) is 4.20. The van der Waals surface area contributed by atoms with E-state index in [1.165, 1.54) is 0 Å². The molecule has 8 heteroatoms. The van der Waals surface area contributed by atoms with Crippen molar-refractivity contribution in [3.05, 3.63) is 78.8 Å². The molecule has 4 nitrogen and oxygen atoms in total. The van der Waals surface area contributed by atoms with Gasteiger partial charge in [0.15, 0.2) is 0 Å². The van der Waals surface area contributed by atoms with Crippen molar-refractivity contribution in [2.75, 3.05) is 0 Å². The third-order valence-electron chi connectivity index (χ3n) is 4.11. The minimum atomic E-state index is -0.463. The van der Waals surface area contributed by atoms with Crippen LogP contribution in [0.15, 0.2) is 47.5 Å². The third kappa shape index (κ3) is 2.53. The average molecular weight is 426 g/mol. The van der Waals surface area contributed by atoms with E-state index in [2.05, 4.69) is 10.6 Å². The molecule has 2 amide bonds. The lowest BCUT2D eigenvalue weighted by Gasteiger charge is -2.11. The number of carbonyl (C=O) groups excluding carboxylic acids is 2. The number of nitrogens with one attached hydrogen (secondary N) is 2. The number of hydrogen-bond donors (Lipinski definition) is 2. The molecule has 0 radical (unpaired) electrons. The summed E-state index contributed by atoms with van der Waals surface area (Å²) in [6.07, 6.45) is 0. The molecule has 4 rings (SSSR count). The second-order valence-corrected chi connectivity index (χ2v) is 7.23. The van der Waals surface area contributed by atoms with Gasteiger partial charge in [0, 0.05) is 11.1 Å². The molecule has 0 bridgehead atoms. The summed E-state index contributed by atoms with van der Waals surface area (Å²) in [5.41, 5.74) is 1.62. The molecule has 2 aliphatic heterocycles. The summed E-state index contributed by atoms with van der Waals surface area (Å²) in [7, 11) is 0. The number of halogens is 4. The van der Waals surface area contributed by atoms with Crippen molar-refractivity contribution in [2.45, 2.75) is 0 Å². The van der Waals surface area contributed by atoms with E-state index < -0.39 is 11.8 Å². The minimum absolute atomic E-state index is 0.163. The van der Waals surface area contributed by atoms with Gasteiger partial charge in [-0.25, -0.2) is 0 Å². The van der Waals surface area contributed by atoms with Crippen LogP contribution in [0.2, 0.25) is 20.1 Å². The molecule has 0 fully saturated rings. The van der Waals surface area contributed by atoms with Crippen LogP contribution in [0.1, 0.15) is 11.1 Å². The van der Waals surface area contributed by atoms with Gasteiger partial charge in [-0.15, -0.1) is 0 Å². The Balaban J connectivity index is 2.01. The monoisotopic (exact) mass is 424 g/mol. The van der Waals surface area contributed by atoms with Gasteiger partial charge >= 0.3 is 0 Å². The molecular weight excluding hydrogens is 418 g/mol. The van der Waals surface area contributed by atoms with E-state index in [9.17, 15) is 9.59 Å². The fraction of sp³-hybridized carbons (Fsp3) is 0. The number of benzene rings is 2. The maximum Gasteiger partial charge on any atom is 0.258 e. The molecule has 26 heavy (non-hydrogen) atoms. The van der Waals surface area contributed by atoms with Crippen LogP contribution >= 0.6 is 46.4 Å². The molecule has 130 valence electrons. The number of fused-ring (bicyclic) bond motifs is 1. The summed E-state index contributed by atoms with van der Waals surface area (Å²) in [6, 6.07) is 9.87. The van der Waals surface area contributed by atoms with Crippen molar-refractivity contribution in [3.63, 3.8) is 0 Å². The Labute approximate surface area is 168 Å². The lowest BCUT2D eigenvalue weighted by atomic mass is 10.0. The van der Waals surface area contributed by atoms with Crippen LogP contribution in [-0.4, -0.2) is 11.8 Å². The largest absolute Gasteiger partial charge is 0.320 e. The summed E-state index contributed by atoms with van der Waals surface area (Å²) >= 11 is 25.0. The van der Waals surface area contributed by atoms with E-state index in [0.717, 1.165) is 0 Å². The zero-order valence-electron chi connectivity index (χ0n) is 12.8. The molecule has 0 saturated heterocycles. The Hall–Kier alpha value is -1.98. The van der Waals surface area contributed by atoms with Crippen molar-refractivity contribution in [2.24, 2.45) is 0 Å². The van der Waals surface area contributed by atoms with Gasteiger partial charge in [0.1, 0.15) is 0 Å². The van der Waals surface area contributed by atoms with Crippen LogP contribution in [0.25, 0.3) is 11.4 Å². The highest BCUT2D eigenvalue weighted by Crippen LogP contribution is 2.43. The number of carbonyl (C=O) groups is 2. The Morgan fingerprint density at radius 2 is 0.885 bits per heavy atom. The Bertz CT molecular complexity index is 947. The Morgan fingerprint density at radius 3 is 1.19 bits per heavy atom. The first kappa shape index (κ1) is 17.4. The molecule has 2 aromatic rings. The van der Waals surface area contributed by atoms with E-state index in [1.807, 2.05) is 0 Å². The lowest BCUT2D eigenvalue weighted by Crippen LogP contribution is -2.21. The standard InChI is InChI=1S/C18H8Cl4N2O2/c19-7-3-1-4-8(20)11(7)15-13-14(18(26)23-15)16(24-17(13)25)12-9(21)5-2-6-10(12)22/h1-6H,(H,23,26)(H,24,25). The van der Waals surface area contributed by atoms with Crippen LogP contribution in [0.3, 0.4) is 0 Å². The molecule has 0 aromatic heterocycles. The van der Waals surface area contributed by atoms with Crippen LogP contribution in [0.5, 0.6) is 0 Å². The highest BCUT2D eigenvalue weighted by Gasteiger charge is 2.42. The number of hydrogen-bond acceptors (Lipinski definition) is 2. The first-order valence-electron chi connectivity index (χ1n) is 7.40. The van der Waals surface area contributed by atoms with Crippen molar-refractivity contribution in [3.8, 4) is 0 Å². The second kappa shape index (κ2) is 6.32. The molecule has 2 aliphatic rings. The minimum Gasteiger partial charge on any atom is -0.320 e. The normalized spacial score (nSPS) is 16.2. The Kier molecular flexibility index (Phi) is 4.24. The van der Waals surface area contributed by atoms with Gasteiger partial charge in [0.05, 0.1) is 42.6 Å². The molecule has 0 atom stereocenters. The molecule has 0 saturated carbocycles. The maximum atomic E-state index is 12.6. The highest BCUT2D eigenvalue weighted by atomic mass is 35.5. The van der Waals surface area contributed by atoms with Gasteiger partial charge in [-0.3, -0.25) is 9.59 Å². The number of amides is 2. The maximum absolute atomic E-state index is 12.6. The molecule has 0 unspecified atom stereocenters. The first-order chi connectivity index (χ1) is 12.4. The van der Waals surface area contributed by atoms with Gasteiger partial charge < -0.3 is 10.6 Å². The summed E-state index contributed by atoms with van der Waals surface area (Å²) < 4.78 is 0. The molecule has 0 aliphatic carbocycles. The summed E-state index contributed by atoms with van der Waals surface area (Å²) in [5.74, 6) is -0.925. The van der Waals surface area contributed by atoms with E-state index in [0.29, 0.717) is 31.2 Å². The molecular formula is C18H8Cl4N2O2. The van der Waals surface area contributed by atoms with Crippen molar-refractivity contribution in [1.29, 1.82) is 0 Å². The quantitative estimate of drug-likeness (QED) is 0.733. The number of rotatable bonds is 2. The van der Waals surface area contributed by atoms with Gasteiger partial charge in [0.2, 0.25) is 0 Å². The predicted molar refractivity (Wildman–Crippen MR) is 103 cm³/mol. The predicted octanol–water partition coefficient (Wildman–Crippen LogP) is 4.68. The summed E-state index contributed by atoms with van der Waals surface area (Å²) in [5, 5.41) is 6.65. The van der Waals surface area contributed by atoms with Gasteiger partial charge in [-0.05, 0) is 24.3 Å². The summed E-state index contributed by atoms with van der Waals surface area (Å²) in [4.78, 5) is 25.3. The summed E-state index contributed by atoms with van der Waals surface area (Å²) in [6.45, 7) is 0. The van der Waals surface area contributed by atoms with Crippen LogP contribution < -0.4 is 10.6 Å². The molecule has 2 aromatic carbocycles. The molecule has 0 spiro atoms. The van der Waals surface area contributed by atoms with Crippen LogP contribution in [0.4, 0.5) is 0 Å². The van der Waals surface area contributed by atoms with Gasteiger partial charge in [-0.1, -0.05) is 58.5 Å². The van der Waals surface area contributed by atoms with E-state index in [4.69, 9.17) is 46.4 Å². The highest BCUT2D eigenvalue weighted by molar-refractivity contribution is 6.41. The van der Waals surface area contributed by atoms with E-state index >= 15 is 0 Å². The van der Waals surface area contributed by atoms with Gasteiger partial charge in [-0.2, -0.15) is 0 Å². The second-order valence-electron chi connectivity index (χ2n) is 5.60. The first-order valence-corrected chi connectivity index (χ1v) is 8.91. The van der Waals surface area contributed by atoms with Crippen LogP contribution in [0, 0.1) is 0 Å². The lowest BCUT2D eigenvalue weighted by molar-refractivity contribution is -0.117. The van der Waals surface area contributed by atoms with Crippen molar-refractivity contribution in [1.82, 2.24) is 10.6 Å². The molecule has 2 heterocycles. The fourth-order valence-electron chi connectivity index (χ4n) is 3.03. The Morgan fingerprint density at radius 1 is 0.577 bits per heavy atom.